The molecule has 4 nitrogen and oxygen atoms in total. The lowest BCUT2D eigenvalue weighted by atomic mass is 9.78. The Morgan fingerprint density at radius 1 is 0.739 bits per heavy atom. The Bertz CT molecular complexity index is 840. The van der Waals surface area contributed by atoms with Crippen molar-refractivity contribution in [1.82, 2.24) is 0 Å². The zero-order valence-corrected chi connectivity index (χ0v) is 12.4. The summed E-state index contributed by atoms with van der Waals surface area (Å²) in [6.07, 6.45) is 0. The first-order valence-electron chi connectivity index (χ1n) is 7.35. The molecule has 0 fully saturated rings. The highest BCUT2D eigenvalue weighted by atomic mass is 16.5. The lowest BCUT2D eigenvalue weighted by molar-refractivity contribution is 0.113. The van der Waals surface area contributed by atoms with E-state index in [4.69, 9.17) is 16.2 Å². The standard InChI is InChI=1S/C19H16N2O2/c20-13-6-8-15-17(10-13)23-18-11-14(21)7-9-16(18)19(15,22)12-4-2-1-3-5-12/h1-11,22H,20-21H2. The van der Waals surface area contributed by atoms with E-state index in [-0.39, 0.29) is 0 Å². The third-order valence-corrected chi connectivity index (χ3v) is 4.20. The molecule has 0 spiro atoms. The second kappa shape index (κ2) is 4.76. The van der Waals surface area contributed by atoms with Crippen molar-refractivity contribution in [2.45, 2.75) is 5.60 Å². The van der Waals surface area contributed by atoms with Crippen LogP contribution in [0.2, 0.25) is 0 Å². The van der Waals surface area contributed by atoms with E-state index in [0.717, 1.165) is 5.56 Å². The summed E-state index contributed by atoms with van der Waals surface area (Å²) < 4.78 is 5.94. The van der Waals surface area contributed by atoms with E-state index in [9.17, 15) is 5.11 Å². The minimum atomic E-state index is -1.31. The Morgan fingerprint density at radius 2 is 1.26 bits per heavy atom. The first-order chi connectivity index (χ1) is 11.1. The predicted octanol–water partition coefficient (Wildman–Crippen LogP) is 3.24. The maximum absolute atomic E-state index is 11.7. The topological polar surface area (TPSA) is 81.5 Å². The van der Waals surface area contributed by atoms with Gasteiger partial charge in [0.25, 0.3) is 0 Å². The third kappa shape index (κ3) is 1.96. The van der Waals surface area contributed by atoms with E-state index >= 15 is 0 Å². The molecule has 114 valence electrons. The van der Waals surface area contributed by atoms with Crippen molar-refractivity contribution in [3.05, 3.63) is 83.4 Å². The molecule has 1 aliphatic heterocycles. The van der Waals surface area contributed by atoms with Crippen LogP contribution in [-0.4, -0.2) is 5.11 Å². The Hall–Kier alpha value is -2.98. The zero-order valence-electron chi connectivity index (χ0n) is 12.4. The molecule has 0 unspecified atom stereocenters. The molecule has 1 aliphatic rings. The summed E-state index contributed by atoms with van der Waals surface area (Å²) >= 11 is 0. The zero-order chi connectivity index (χ0) is 16.0. The molecule has 23 heavy (non-hydrogen) atoms. The molecule has 0 aromatic heterocycles. The highest BCUT2D eigenvalue weighted by Crippen LogP contribution is 2.50. The minimum Gasteiger partial charge on any atom is -0.456 e. The number of aliphatic hydroxyl groups is 1. The van der Waals surface area contributed by atoms with E-state index in [1.807, 2.05) is 30.3 Å². The molecule has 0 amide bonds. The van der Waals surface area contributed by atoms with Crippen LogP contribution in [-0.2, 0) is 5.60 Å². The number of nitrogens with two attached hydrogens (primary N) is 2. The van der Waals surface area contributed by atoms with Gasteiger partial charge in [0.15, 0.2) is 0 Å². The molecule has 0 radical (unpaired) electrons. The number of rotatable bonds is 1. The van der Waals surface area contributed by atoms with E-state index in [1.165, 1.54) is 0 Å². The van der Waals surface area contributed by atoms with Crippen LogP contribution in [0.1, 0.15) is 16.7 Å². The maximum Gasteiger partial charge on any atom is 0.147 e. The van der Waals surface area contributed by atoms with Crippen LogP contribution in [0.25, 0.3) is 0 Å². The highest BCUT2D eigenvalue weighted by molar-refractivity contribution is 5.65. The highest BCUT2D eigenvalue weighted by Gasteiger charge is 2.42. The van der Waals surface area contributed by atoms with Crippen LogP contribution in [0, 0.1) is 0 Å². The fourth-order valence-corrected chi connectivity index (χ4v) is 3.10. The molecular weight excluding hydrogens is 288 g/mol. The van der Waals surface area contributed by atoms with Crippen molar-refractivity contribution < 1.29 is 9.84 Å². The van der Waals surface area contributed by atoms with E-state index < -0.39 is 5.60 Å². The van der Waals surface area contributed by atoms with Crippen LogP contribution >= 0.6 is 0 Å². The second-order valence-corrected chi connectivity index (χ2v) is 5.69. The Kier molecular flexibility index (Phi) is 2.83. The SMILES string of the molecule is Nc1ccc2c(c1)Oc1cc(N)ccc1C2(O)c1ccccc1. The molecular formula is C19H16N2O2. The van der Waals surface area contributed by atoms with Crippen LogP contribution in [0.4, 0.5) is 11.4 Å². The van der Waals surface area contributed by atoms with Crippen molar-refractivity contribution in [2.75, 3.05) is 11.5 Å². The monoisotopic (exact) mass is 304 g/mol. The molecule has 0 bridgehead atoms. The summed E-state index contributed by atoms with van der Waals surface area (Å²) in [6.45, 7) is 0. The summed E-state index contributed by atoms with van der Waals surface area (Å²) in [5, 5.41) is 11.7. The molecule has 4 rings (SSSR count). The van der Waals surface area contributed by atoms with Crippen molar-refractivity contribution in [1.29, 1.82) is 0 Å². The van der Waals surface area contributed by atoms with Gasteiger partial charge in [0.2, 0.25) is 0 Å². The van der Waals surface area contributed by atoms with E-state index in [2.05, 4.69) is 0 Å². The fraction of sp³-hybridized carbons (Fsp3) is 0.0526. The second-order valence-electron chi connectivity index (χ2n) is 5.69. The van der Waals surface area contributed by atoms with Gasteiger partial charge in [-0.1, -0.05) is 30.3 Å². The normalized spacial score (nSPS) is 14.5. The van der Waals surface area contributed by atoms with Gasteiger partial charge in [0.05, 0.1) is 0 Å². The van der Waals surface area contributed by atoms with Gasteiger partial charge >= 0.3 is 0 Å². The molecule has 0 aliphatic carbocycles. The van der Waals surface area contributed by atoms with Gasteiger partial charge < -0.3 is 21.3 Å². The number of benzene rings is 3. The van der Waals surface area contributed by atoms with Crippen LogP contribution in [0.3, 0.4) is 0 Å². The first-order valence-corrected chi connectivity index (χ1v) is 7.35. The van der Waals surface area contributed by atoms with Crippen LogP contribution in [0.15, 0.2) is 66.7 Å². The largest absolute Gasteiger partial charge is 0.456 e. The molecule has 5 N–H and O–H groups in total. The van der Waals surface area contributed by atoms with Gasteiger partial charge in [-0.25, -0.2) is 0 Å². The molecule has 0 atom stereocenters. The lowest BCUT2D eigenvalue weighted by Gasteiger charge is -2.36. The summed E-state index contributed by atoms with van der Waals surface area (Å²) in [4.78, 5) is 0. The Labute approximate surface area is 133 Å². The van der Waals surface area contributed by atoms with Crippen molar-refractivity contribution in [2.24, 2.45) is 0 Å². The summed E-state index contributed by atoms with van der Waals surface area (Å²) in [5.41, 5.74) is 13.7. The number of fused-ring (bicyclic) bond motifs is 2. The van der Waals surface area contributed by atoms with Crippen molar-refractivity contribution >= 4 is 11.4 Å². The van der Waals surface area contributed by atoms with Gasteiger partial charge in [0.1, 0.15) is 17.1 Å². The number of hydrogen-bond donors (Lipinski definition) is 3. The first kappa shape index (κ1) is 13.7. The molecule has 1 heterocycles. The fourth-order valence-electron chi connectivity index (χ4n) is 3.10. The predicted molar refractivity (Wildman–Crippen MR) is 90.3 cm³/mol. The summed E-state index contributed by atoms with van der Waals surface area (Å²) in [6, 6.07) is 20.1. The van der Waals surface area contributed by atoms with Crippen molar-refractivity contribution in [3.63, 3.8) is 0 Å². The quantitative estimate of drug-likeness (QED) is 0.603. The molecule has 3 aromatic rings. The van der Waals surface area contributed by atoms with Crippen LogP contribution in [0.5, 0.6) is 11.5 Å². The summed E-state index contributed by atoms with van der Waals surface area (Å²) in [5.74, 6) is 1.07. The average Bonchev–Trinajstić information content (AvgIpc) is 2.55. The lowest BCUT2D eigenvalue weighted by Crippen LogP contribution is -2.32. The van der Waals surface area contributed by atoms with Crippen molar-refractivity contribution in [3.8, 4) is 11.5 Å². The Morgan fingerprint density at radius 3 is 1.78 bits per heavy atom. The smallest absolute Gasteiger partial charge is 0.147 e. The molecule has 0 saturated heterocycles. The number of ether oxygens (including phenoxy) is 1. The molecule has 3 aromatic carbocycles. The van der Waals surface area contributed by atoms with E-state index in [1.54, 1.807) is 36.4 Å². The third-order valence-electron chi connectivity index (χ3n) is 4.20. The maximum atomic E-state index is 11.7. The van der Waals surface area contributed by atoms with Gasteiger partial charge in [-0.05, 0) is 29.8 Å². The van der Waals surface area contributed by atoms with Gasteiger partial charge in [-0.2, -0.15) is 0 Å². The van der Waals surface area contributed by atoms with Gasteiger partial charge in [-0.3, -0.25) is 0 Å². The number of nitrogen functional groups attached to an aromatic ring is 2. The number of anilines is 2. The molecule has 0 saturated carbocycles. The van der Waals surface area contributed by atoms with Gasteiger partial charge in [0, 0.05) is 34.6 Å². The van der Waals surface area contributed by atoms with E-state index in [0.29, 0.717) is 34.0 Å². The minimum absolute atomic E-state index is 0.537. The summed E-state index contributed by atoms with van der Waals surface area (Å²) in [7, 11) is 0. The van der Waals surface area contributed by atoms with Gasteiger partial charge in [-0.15, -0.1) is 0 Å². The molecule has 4 heteroatoms. The average molecular weight is 304 g/mol. The Balaban J connectivity index is 2.05. The number of hydrogen-bond acceptors (Lipinski definition) is 4. The van der Waals surface area contributed by atoms with Crippen LogP contribution < -0.4 is 16.2 Å².